The molecule has 1 aromatic carbocycles. The summed E-state index contributed by atoms with van der Waals surface area (Å²) in [5, 5.41) is 1.75. The maximum atomic E-state index is 6.16. The van der Waals surface area contributed by atoms with E-state index in [0.29, 0.717) is 11.1 Å². The molecular formula is C24H30ClN3O. The van der Waals surface area contributed by atoms with Crippen LogP contribution in [0, 0.1) is 6.92 Å². The van der Waals surface area contributed by atoms with Crippen LogP contribution in [-0.2, 0) is 0 Å². The highest BCUT2D eigenvalue weighted by atomic mass is 35.5. The molecule has 4 rings (SSSR count). The largest absolute Gasteiger partial charge is 0.494 e. The van der Waals surface area contributed by atoms with E-state index in [1.165, 1.54) is 61.8 Å². The number of fused-ring (bicyclic) bond motifs is 1. The summed E-state index contributed by atoms with van der Waals surface area (Å²) in [6.45, 7) is 8.11. The van der Waals surface area contributed by atoms with Crippen molar-refractivity contribution < 1.29 is 4.74 Å². The van der Waals surface area contributed by atoms with Gasteiger partial charge in [0.25, 0.3) is 0 Å². The number of piperidine rings is 1. The summed E-state index contributed by atoms with van der Waals surface area (Å²) in [6, 6.07) is 8.77. The number of ether oxygens (including phenoxy) is 1. The van der Waals surface area contributed by atoms with Crippen molar-refractivity contribution in [2.45, 2.75) is 45.4 Å². The maximum Gasteiger partial charge on any atom is 0.146 e. The summed E-state index contributed by atoms with van der Waals surface area (Å²) in [4.78, 5) is 10.3. The van der Waals surface area contributed by atoms with E-state index >= 15 is 0 Å². The fourth-order valence-electron chi connectivity index (χ4n) is 4.51. The number of halogens is 1. The maximum absolute atomic E-state index is 6.16. The zero-order valence-electron chi connectivity index (χ0n) is 17.6. The fraction of sp³-hybridized carbons (Fsp3) is 0.458. The Morgan fingerprint density at radius 1 is 1.24 bits per heavy atom. The topological polar surface area (TPSA) is 41.2 Å². The molecule has 0 amide bonds. The lowest BCUT2D eigenvalue weighted by atomic mass is 9.88. The Balaban J connectivity index is 1.61. The molecule has 1 saturated heterocycles. The zero-order chi connectivity index (χ0) is 20.4. The van der Waals surface area contributed by atoms with E-state index in [4.69, 9.17) is 16.3 Å². The van der Waals surface area contributed by atoms with Gasteiger partial charge in [0.2, 0.25) is 0 Å². The summed E-state index contributed by atoms with van der Waals surface area (Å²) < 4.78 is 5.52. The van der Waals surface area contributed by atoms with Gasteiger partial charge < -0.3 is 14.6 Å². The van der Waals surface area contributed by atoms with Crippen LogP contribution in [0.25, 0.3) is 22.2 Å². The number of pyridine rings is 1. The normalized spacial score (nSPS) is 15.9. The number of aromatic nitrogens is 2. The van der Waals surface area contributed by atoms with Gasteiger partial charge >= 0.3 is 0 Å². The Bertz CT molecular complexity index is 989. The fourth-order valence-corrected chi connectivity index (χ4v) is 4.67. The molecule has 1 fully saturated rings. The molecule has 0 unspecified atom stereocenters. The summed E-state index contributed by atoms with van der Waals surface area (Å²) in [7, 11) is 1.66. The zero-order valence-corrected chi connectivity index (χ0v) is 18.4. The van der Waals surface area contributed by atoms with E-state index in [0.717, 1.165) is 22.5 Å². The molecule has 3 heterocycles. The number of hydrogen-bond acceptors (Lipinski definition) is 3. The number of hydrogen-bond donors (Lipinski definition) is 1. The number of unbranched alkanes of at least 4 members (excludes halogenated alkanes) is 1. The smallest absolute Gasteiger partial charge is 0.146 e. The third-order valence-electron chi connectivity index (χ3n) is 6.29. The summed E-state index contributed by atoms with van der Waals surface area (Å²) in [6.07, 6.45) is 6.77. The number of rotatable bonds is 6. The van der Waals surface area contributed by atoms with Crippen LogP contribution in [0.2, 0.25) is 5.15 Å². The first-order chi connectivity index (χ1) is 14.1. The van der Waals surface area contributed by atoms with E-state index in [2.05, 4.69) is 46.9 Å². The Kier molecular flexibility index (Phi) is 6.12. The van der Waals surface area contributed by atoms with Crippen LogP contribution in [0.3, 0.4) is 0 Å². The van der Waals surface area contributed by atoms with Crippen LogP contribution in [-0.4, -0.2) is 41.6 Å². The molecule has 0 radical (unpaired) electrons. The van der Waals surface area contributed by atoms with Crippen LogP contribution < -0.4 is 4.74 Å². The van der Waals surface area contributed by atoms with Crippen LogP contribution >= 0.6 is 11.6 Å². The number of aryl methyl sites for hydroxylation is 1. The number of likely N-dealkylation sites (tertiary alicyclic amines) is 1. The van der Waals surface area contributed by atoms with E-state index in [9.17, 15) is 0 Å². The highest BCUT2D eigenvalue weighted by Crippen LogP contribution is 2.38. The lowest BCUT2D eigenvalue weighted by Gasteiger charge is -2.32. The van der Waals surface area contributed by atoms with Gasteiger partial charge in [-0.15, -0.1) is 0 Å². The molecule has 29 heavy (non-hydrogen) atoms. The molecule has 4 nitrogen and oxygen atoms in total. The molecular weight excluding hydrogens is 382 g/mol. The third kappa shape index (κ3) is 4.15. The van der Waals surface area contributed by atoms with Crippen molar-refractivity contribution >= 4 is 22.5 Å². The van der Waals surface area contributed by atoms with Gasteiger partial charge in [0.15, 0.2) is 0 Å². The summed E-state index contributed by atoms with van der Waals surface area (Å²) in [5.74, 6) is 1.38. The number of methoxy groups -OCH3 is 1. The van der Waals surface area contributed by atoms with Gasteiger partial charge in [0, 0.05) is 16.5 Å². The summed E-state index contributed by atoms with van der Waals surface area (Å²) >= 11 is 6.16. The second-order valence-corrected chi connectivity index (χ2v) is 8.49. The Labute approximate surface area is 178 Å². The lowest BCUT2D eigenvalue weighted by Crippen LogP contribution is -2.33. The highest BCUT2D eigenvalue weighted by molar-refractivity contribution is 6.29. The Morgan fingerprint density at radius 2 is 2.03 bits per heavy atom. The molecule has 2 aromatic heterocycles. The first kappa shape index (κ1) is 20.2. The first-order valence-electron chi connectivity index (χ1n) is 10.6. The van der Waals surface area contributed by atoms with Crippen molar-refractivity contribution in [1.29, 1.82) is 0 Å². The van der Waals surface area contributed by atoms with Gasteiger partial charge in [-0.2, -0.15) is 0 Å². The standard InChI is InChI=1S/C24H30ClN3O/c1-4-5-10-28-11-8-17(9-12-28)18-6-7-21-19(13-18)16(2)24(27-21)20-14-23(25)26-15-22(20)29-3/h6-7,13-15,17,27H,4-5,8-12H2,1-3H3. The average Bonchev–Trinajstić information content (AvgIpc) is 3.08. The second kappa shape index (κ2) is 8.76. The SMILES string of the molecule is CCCCN1CCC(c2ccc3[nH]c(-c4cc(Cl)ncc4OC)c(C)c3c2)CC1. The van der Waals surface area contributed by atoms with Crippen molar-refractivity contribution in [3.05, 3.63) is 46.7 Å². The molecule has 5 heteroatoms. The van der Waals surface area contributed by atoms with Gasteiger partial charge in [0.1, 0.15) is 10.9 Å². The molecule has 1 aliphatic heterocycles. The van der Waals surface area contributed by atoms with E-state index in [-0.39, 0.29) is 0 Å². The van der Waals surface area contributed by atoms with Crippen molar-refractivity contribution in [3.63, 3.8) is 0 Å². The molecule has 154 valence electrons. The quantitative estimate of drug-likeness (QED) is 0.492. The van der Waals surface area contributed by atoms with Crippen molar-refractivity contribution in [2.75, 3.05) is 26.7 Å². The van der Waals surface area contributed by atoms with Crippen LogP contribution in [0.4, 0.5) is 0 Å². The van der Waals surface area contributed by atoms with Crippen molar-refractivity contribution in [2.24, 2.45) is 0 Å². The van der Waals surface area contributed by atoms with Crippen LogP contribution in [0.1, 0.15) is 49.7 Å². The monoisotopic (exact) mass is 411 g/mol. The minimum absolute atomic E-state index is 0.467. The molecule has 0 spiro atoms. The number of H-pyrrole nitrogens is 1. The van der Waals surface area contributed by atoms with E-state index < -0.39 is 0 Å². The number of nitrogens with zero attached hydrogens (tertiary/aromatic N) is 2. The first-order valence-corrected chi connectivity index (χ1v) is 11.0. The molecule has 0 bridgehead atoms. The van der Waals surface area contributed by atoms with Gasteiger partial charge in [-0.3, -0.25) is 0 Å². The van der Waals surface area contributed by atoms with Crippen molar-refractivity contribution in [1.82, 2.24) is 14.9 Å². The van der Waals surface area contributed by atoms with E-state index in [1.807, 2.05) is 6.07 Å². The van der Waals surface area contributed by atoms with Gasteiger partial charge in [0.05, 0.1) is 19.0 Å². The van der Waals surface area contributed by atoms with Gasteiger partial charge in [-0.05, 0) is 81.1 Å². The molecule has 0 atom stereocenters. The third-order valence-corrected chi connectivity index (χ3v) is 6.50. The van der Waals surface area contributed by atoms with E-state index in [1.54, 1.807) is 13.3 Å². The predicted octanol–water partition coefficient (Wildman–Crippen LogP) is 6.18. The average molecular weight is 412 g/mol. The van der Waals surface area contributed by atoms with Crippen molar-refractivity contribution in [3.8, 4) is 17.0 Å². The Morgan fingerprint density at radius 3 is 2.76 bits per heavy atom. The number of benzene rings is 1. The lowest BCUT2D eigenvalue weighted by molar-refractivity contribution is 0.210. The molecule has 1 N–H and O–H groups in total. The minimum Gasteiger partial charge on any atom is -0.494 e. The molecule has 1 aliphatic rings. The van der Waals surface area contributed by atoms with Gasteiger partial charge in [-0.25, -0.2) is 4.98 Å². The summed E-state index contributed by atoms with van der Waals surface area (Å²) in [5.41, 5.74) is 5.83. The molecule has 3 aromatic rings. The number of nitrogens with one attached hydrogen (secondary N) is 1. The second-order valence-electron chi connectivity index (χ2n) is 8.11. The van der Waals surface area contributed by atoms with Crippen LogP contribution in [0.15, 0.2) is 30.5 Å². The predicted molar refractivity (Wildman–Crippen MR) is 121 cm³/mol. The number of aromatic amines is 1. The molecule has 0 saturated carbocycles. The minimum atomic E-state index is 0.467. The van der Waals surface area contributed by atoms with Crippen LogP contribution in [0.5, 0.6) is 5.75 Å². The highest BCUT2D eigenvalue weighted by Gasteiger charge is 2.21. The Hall–Kier alpha value is -2.04. The van der Waals surface area contributed by atoms with Gasteiger partial charge in [-0.1, -0.05) is 31.0 Å². The molecule has 0 aliphatic carbocycles.